The molecule has 1 aromatic rings. The van der Waals surface area contributed by atoms with Gasteiger partial charge < -0.3 is 9.84 Å². The highest BCUT2D eigenvalue weighted by atomic mass is 127. The van der Waals surface area contributed by atoms with E-state index in [1.54, 1.807) is 12.1 Å². The van der Waals surface area contributed by atoms with Crippen LogP contribution in [0.1, 0.15) is 0 Å². The Hall–Kier alpha value is -0.710. The highest BCUT2D eigenvalue weighted by Crippen LogP contribution is 2.18. The second-order valence-electron chi connectivity index (χ2n) is 4.16. The van der Waals surface area contributed by atoms with Crippen LogP contribution in [0.5, 0.6) is 0 Å². The monoisotopic (exact) mass is 397 g/mol. The zero-order valence-corrected chi connectivity index (χ0v) is 12.7. The van der Waals surface area contributed by atoms with E-state index >= 15 is 0 Å². The molecular weight excluding hydrogens is 385 g/mol. The maximum atomic E-state index is 12.1. The summed E-state index contributed by atoms with van der Waals surface area (Å²) < 4.78 is 32.5. The molecule has 0 aromatic heterocycles. The van der Waals surface area contributed by atoms with Crippen LogP contribution in [-0.4, -0.2) is 38.7 Å². The van der Waals surface area contributed by atoms with Crippen molar-refractivity contribution in [1.29, 1.82) is 0 Å². The Morgan fingerprint density at radius 2 is 1.95 bits per heavy atom. The number of halogens is 1. The lowest BCUT2D eigenvalue weighted by molar-refractivity contribution is -0.142. The molecular formula is C11H12INO5S. The zero-order valence-electron chi connectivity index (χ0n) is 9.74. The highest BCUT2D eigenvalue weighted by Gasteiger charge is 2.36. The molecule has 2 N–H and O–H groups in total. The van der Waals surface area contributed by atoms with Gasteiger partial charge in [0.2, 0.25) is 10.0 Å². The van der Waals surface area contributed by atoms with Crippen LogP contribution in [0.25, 0.3) is 0 Å². The lowest BCUT2D eigenvalue weighted by atomic mass is 10.1. The SMILES string of the molecule is O=C(O)C1COCC1NS(=O)(=O)c1ccc(I)cc1. The number of benzene rings is 1. The van der Waals surface area contributed by atoms with Gasteiger partial charge in [0.05, 0.1) is 30.1 Å². The maximum absolute atomic E-state index is 12.1. The highest BCUT2D eigenvalue weighted by molar-refractivity contribution is 14.1. The first-order valence-corrected chi connectivity index (χ1v) is 8.05. The minimum absolute atomic E-state index is 0.0230. The molecule has 2 atom stereocenters. The zero-order chi connectivity index (χ0) is 14.0. The normalized spacial score (nSPS) is 23.4. The third-order valence-corrected chi connectivity index (χ3v) is 5.05. The summed E-state index contributed by atoms with van der Waals surface area (Å²) in [7, 11) is -3.72. The second-order valence-corrected chi connectivity index (χ2v) is 7.12. The van der Waals surface area contributed by atoms with E-state index < -0.39 is 28.0 Å². The Morgan fingerprint density at radius 3 is 2.53 bits per heavy atom. The van der Waals surface area contributed by atoms with Crippen LogP contribution >= 0.6 is 22.6 Å². The van der Waals surface area contributed by atoms with Crippen LogP contribution < -0.4 is 4.72 Å². The molecule has 0 spiro atoms. The molecule has 19 heavy (non-hydrogen) atoms. The van der Waals surface area contributed by atoms with E-state index in [9.17, 15) is 13.2 Å². The van der Waals surface area contributed by atoms with E-state index in [4.69, 9.17) is 9.84 Å². The molecule has 1 heterocycles. The number of carboxylic acid groups (broad SMARTS) is 1. The fourth-order valence-electron chi connectivity index (χ4n) is 1.79. The van der Waals surface area contributed by atoms with Crippen molar-refractivity contribution in [3.05, 3.63) is 27.8 Å². The van der Waals surface area contributed by atoms with E-state index in [2.05, 4.69) is 27.3 Å². The van der Waals surface area contributed by atoms with Crippen molar-refractivity contribution >= 4 is 38.6 Å². The van der Waals surface area contributed by atoms with Gasteiger partial charge in [-0.15, -0.1) is 0 Å². The van der Waals surface area contributed by atoms with Crippen molar-refractivity contribution in [3.8, 4) is 0 Å². The molecule has 0 saturated carbocycles. The summed E-state index contributed by atoms with van der Waals surface area (Å²) in [6.07, 6.45) is 0. The van der Waals surface area contributed by atoms with Gasteiger partial charge in [0.25, 0.3) is 0 Å². The molecule has 0 radical (unpaired) electrons. The summed E-state index contributed by atoms with van der Waals surface area (Å²) in [5.74, 6) is -1.91. The molecule has 1 aromatic carbocycles. The van der Waals surface area contributed by atoms with E-state index in [1.807, 2.05) is 0 Å². The number of rotatable bonds is 4. The molecule has 0 amide bonds. The predicted octanol–water partition coefficient (Wildman–Crippen LogP) is 0.669. The van der Waals surface area contributed by atoms with Gasteiger partial charge in [0.15, 0.2) is 0 Å². The van der Waals surface area contributed by atoms with Crippen LogP contribution in [0, 0.1) is 9.49 Å². The van der Waals surface area contributed by atoms with Gasteiger partial charge in [0.1, 0.15) is 0 Å². The summed E-state index contributed by atoms with van der Waals surface area (Å²) in [5, 5.41) is 8.97. The third kappa shape index (κ3) is 3.44. The van der Waals surface area contributed by atoms with Crippen LogP contribution in [0.15, 0.2) is 29.2 Å². The number of carboxylic acids is 1. The first kappa shape index (κ1) is 14.7. The smallest absolute Gasteiger partial charge is 0.310 e. The van der Waals surface area contributed by atoms with E-state index in [1.165, 1.54) is 12.1 Å². The van der Waals surface area contributed by atoms with Gasteiger partial charge >= 0.3 is 5.97 Å². The lowest BCUT2D eigenvalue weighted by Crippen LogP contribution is -2.42. The van der Waals surface area contributed by atoms with Gasteiger partial charge in [-0.2, -0.15) is 0 Å². The van der Waals surface area contributed by atoms with Crippen molar-refractivity contribution in [3.63, 3.8) is 0 Å². The number of sulfonamides is 1. The number of hydrogen-bond acceptors (Lipinski definition) is 4. The predicted molar refractivity (Wildman–Crippen MR) is 75.2 cm³/mol. The first-order chi connectivity index (χ1) is 8.90. The van der Waals surface area contributed by atoms with Crippen molar-refractivity contribution in [2.75, 3.05) is 13.2 Å². The summed E-state index contributed by atoms with van der Waals surface area (Å²) in [6.45, 7) is 0.0930. The van der Waals surface area contributed by atoms with Gasteiger partial charge in [-0.1, -0.05) is 0 Å². The standard InChI is InChI=1S/C11H12INO5S/c12-7-1-3-8(4-2-7)19(16,17)13-10-6-18-5-9(10)11(14)15/h1-4,9-10,13H,5-6H2,(H,14,15). The van der Waals surface area contributed by atoms with Crippen LogP contribution in [-0.2, 0) is 19.6 Å². The Morgan fingerprint density at radius 1 is 1.32 bits per heavy atom. The molecule has 6 nitrogen and oxygen atoms in total. The third-order valence-electron chi connectivity index (χ3n) is 2.83. The average molecular weight is 397 g/mol. The van der Waals surface area contributed by atoms with Crippen molar-refractivity contribution in [2.24, 2.45) is 5.92 Å². The first-order valence-electron chi connectivity index (χ1n) is 5.48. The van der Waals surface area contributed by atoms with E-state index in [-0.39, 0.29) is 18.1 Å². The molecule has 1 aliphatic rings. The number of aliphatic carboxylic acids is 1. The molecule has 104 valence electrons. The summed E-state index contributed by atoms with van der Waals surface area (Å²) in [6, 6.07) is 5.58. The molecule has 0 bridgehead atoms. The van der Waals surface area contributed by atoms with Crippen molar-refractivity contribution in [2.45, 2.75) is 10.9 Å². The van der Waals surface area contributed by atoms with Crippen LogP contribution in [0.3, 0.4) is 0 Å². The summed E-state index contributed by atoms with van der Waals surface area (Å²) in [4.78, 5) is 11.1. The molecule has 0 aliphatic carbocycles. The Kier molecular flexibility index (Phi) is 4.43. The van der Waals surface area contributed by atoms with E-state index in [0.29, 0.717) is 0 Å². The largest absolute Gasteiger partial charge is 0.481 e. The Labute approximate surface area is 124 Å². The van der Waals surface area contributed by atoms with Gasteiger partial charge in [-0.3, -0.25) is 4.79 Å². The number of hydrogen-bond donors (Lipinski definition) is 2. The molecule has 8 heteroatoms. The topological polar surface area (TPSA) is 92.7 Å². The van der Waals surface area contributed by atoms with Crippen molar-refractivity contribution in [1.82, 2.24) is 4.72 Å². The minimum Gasteiger partial charge on any atom is -0.481 e. The lowest BCUT2D eigenvalue weighted by Gasteiger charge is -2.15. The number of carbonyl (C=O) groups is 1. The number of nitrogens with one attached hydrogen (secondary N) is 1. The van der Waals surface area contributed by atoms with Crippen molar-refractivity contribution < 1.29 is 23.1 Å². The second kappa shape index (κ2) is 5.73. The van der Waals surface area contributed by atoms with Crippen LogP contribution in [0.2, 0.25) is 0 Å². The molecule has 1 fully saturated rings. The Bertz CT molecular complexity index is 571. The molecule has 2 rings (SSSR count). The van der Waals surface area contributed by atoms with Crippen LogP contribution in [0.4, 0.5) is 0 Å². The summed E-state index contributed by atoms with van der Waals surface area (Å²) >= 11 is 2.07. The summed E-state index contributed by atoms with van der Waals surface area (Å²) in [5.41, 5.74) is 0. The molecule has 1 saturated heterocycles. The fraction of sp³-hybridized carbons (Fsp3) is 0.364. The molecule has 1 aliphatic heterocycles. The quantitative estimate of drug-likeness (QED) is 0.729. The number of ether oxygens (including phenoxy) is 1. The molecule has 2 unspecified atom stereocenters. The maximum Gasteiger partial charge on any atom is 0.310 e. The fourth-order valence-corrected chi connectivity index (χ4v) is 3.42. The minimum atomic E-state index is -3.72. The van der Waals surface area contributed by atoms with Gasteiger partial charge in [0, 0.05) is 3.57 Å². The Balaban J connectivity index is 2.17. The van der Waals surface area contributed by atoms with Gasteiger partial charge in [-0.25, -0.2) is 13.1 Å². The van der Waals surface area contributed by atoms with E-state index in [0.717, 1.165) is 3.57 Å². The average Bonchev–Trinajstić information content (AvgIpc) is 2.77. The van der Waals surface area contributed by atoms with Gasteiger partial charge in [-0.05, 0) is 46.9 Å².